The van der Waals surface area contributed by atoms with Crippen molar-refractivity contribution in [2.24, 2.45) is 5.92 Å². The fraction of sp³-hybridized carbons (Fsp3) is 0.500. The smallest absolute Gasteiger partial charge is 0.224 e. The summed E-state index contributed by atoms with van der Waals surface area (Å²) in [6.07, 6.45) is 0.919. The lowest BCUT2D eigenvalue weighted by Crippen LogP contribution is -2.34. The molecule has 0 bridgehead atoms. The molecule has 112 valence electrons. The Morgan fingerprint density at radius 2 is 2.25 bits per heavy atom. The third kappa shape index (κ3) is 4.90. The number of hydrogen-bond donors (Lipinski definition) is 2. The van der Waals surface area contributed by atoms with E-state index in [9.17, 15) is 4.79 Å². The summed E-state index contributed by atoms with van der Waals surface area (Å²) in [5.74, 6) is 1.73. The van der Waals surface area contributed by atoms with E-state index < -0.39 is 0 Å². The Morgan fingerprint density at radius 3 is 2.95 bits per heavy atom. The number of nitrogens with one attached hydrogen (secondary N) is 2. The molecule has 1 amide bonds. The van der Waals surface area contributed by atoms with E-state index in [1.54, 1.807) is 7.11 Å². The number of amides is 1. The van der Waals surface area contributed by atoms with Crippen LogP contribution in [0.3, 0.4) is 0 Å². The third-order valence-corrected chi connectivity index (χ3v) is 3.14. The van der Waals surface area contributed by atoms with Gasteiger partial charge in [-0.2, -0.15) is 0 Å². The molecule has 1 aromatic rings. The first-order chi connectivity index (χ1) is 9.29. The number of carbonyl (C=O) groups is 1. The Balaban J connectivity index is 0.00000200. The summed E-state index contributed by atoms with van der Waals surface area (Å²) >= 11 is 0. The summed E-state index contributed by atoms with van der Waals surface area (Å²) in [4.78, 5) is 11.7. The number of ether oxygens (including phenoxy) is 2. The van der Waals surface area contributed by atoms with Crippen molar-refractivity contribution in [3.8, 4) is 11.5 Å². The van der Waals surface area contributed by atoms with Crippen molar-refractivity contribution in [1.29, 1.82) is 0 Å². The van der Waals surface area contributed by atoms with Crippen molar-refractivity contribution in [3.63, 3.8) is 0 Å². The molecule has 1 unspecified atom stereocenters. The van der Waals surface area contributed by atoms with Gasteiger partial charge in [-0.1, -0.05) is 6.07 Å². The average molecular weight is 301 g/mol. The van der Waals surface area contributed by atoms with Crippen LogP contribution in [0.2, 0.25) is 0 Å². The van der Waals surface area contributed by atoms with Crippen molar-refractivity contribution in [1.82, 2.24) is 10.6 Å². The highest BCUT2D eigenvalue weighted by Gasteiger charge is 2.21. The highest BCUT2D eigenvalue weighted by molar-refractivity contribution is 5.85. The molecule has 0 aliphatic carbocycles. The summed E-state index contributed by atoms with van der Waals surface area (Å²) in [5.41, 5.74) is 0. The topological polar surface area (TPSA) is 59.6 Å². The molecular weight excluding hydrogens is 280 g/mol. The minimum Gasteiger partial charge on any atom is -0.497 e. The number of rotatable bonds is 6. The normalized spacial score (nSPS) is 17.1. The van der Waals surface area contributed by atoms with Crippen LogP contribution in [0.5, 0.6) is 11.5 Å². The highest BCUT2D eigenvalue weighted by atomic mass is 35.5. The maximum absolute atomic E-state index is 11.7. The van der Waals surface area contributed by atoms with Gasteiger partial charge >= 0.3 is 0 Å². The molecule has 20 heavy (non-hydrogen) atoms. The second kappa shape index (κ2) is 8.66. The van der Waals surface area contributed by atoms with Gasteiger partial charge in [0, 0.05) is 12.6 Å². The van der Waals surface area contributed by atoms with Gasteiger partial charge in [0.25, 0.3) is 0 Å². The van der Waals surface area contributed by atoms with E-state index in [1.165, 1.54) is 0 Å². The zero-order valence-corrected chi connectivity index (χ0v) is 12.4. The first-order valence-corrected chi connectivity index (χ1v) is 6.55. The molecule has 2 rings (SSSR count). The van der Waals surface area contributed by atoms with Crippen LogP contribution in [0, 0.1) is 5.92 Å². The Labute approximate surface area is 125 Å². The van der Waals surface area contributed by atoms with Gasteiger partial charge in [0.2, 0.25) is 5.91 Å². The fourth-order valence-electron chi connectivity index (χ4n) is 2.06. The molecule has 1 saturated heterocycles. The molecule has 5 nitrogen and oxygen atoms in total. The zero-order chi connectivity index (χ0) is 13.5. The number of halogens is 1. The number of carbonyl (C=O) groups excluding carboxylic acids is 1. The molecule has 0 radical (unpaired) electrons. The van der Waals surface area contributed by atoms with Gasteiger partial charge in [0.1, 0.15) is 18.1 Å². The van der Waals surface area contributed by atoms with Crippen molar-refractivity contribution < 1.29 is 14.3 Å². The lowest BCUT2D eigenvalue weighted by atomic mass is 10.1. The second-order valence-electron chi connectivity index (χ2n) is 4.51. The lowest BCUT2D eigenvalue weighted by molar-refractivity contribution is -0.124. The summed E-state index contributed by atoms with van der Waals surface area (Å²) in [7, 11) is 1.62. The standard InChI is InChI=1S/C14H20N2O3.ClH/c1-18-12-3-2-4-13(9-12)19-8-7-16-14(17)11-5-6-15-10-11;/h2-4,9,11,15H,5-8,10H2,1H3,(H,16,17);1H. The quantitative estimate of drug-likeness (QED) is 0.776. The van der Waals surface area contributed by atoms with Crippen LogP contribution in [0.25, 0.3) is 0 Å². The molecule has 0 aromatic heterocycles. The largest absolute Gasteiger partial charge is 0.497 e. The van der Waals surface area contributed by atoms with Gasteiger partial charge in [-0.25, -0.2) is 0 Å². The highest BCUT2D eigenvalue weighted by Crippen LogP contribution is 2.18. The van der Waals surface area contributed by atoms with Crippen LogP contribution in [0.4, 0.5) is 0 Å². The van der Waals surface area contributed by atoms with E-state index >= 15 is 0 Å². The second-order valence-corrected chi connectivity index (χ2v) is 4.51. The van der Waals surface area contributed by atoms with Crippen molar-refractivity contribution in [2.75, 3.05) is 33.4 Å². The maximum atomic E-state index is 11.7. The summed E-state index contributed by atoms with van der Waals surface area (Å²) in [6, 6.07) is 7.42. The van der Waals surface area contributed by atoms with Gasteiger partial charge in [0.05, 0.1) is 19.6 Å². The molecule has 1 fully saturated rings. The monoisotopic (exact) mass is 300 g/mol. The van der Waals surface area contributed by atoms with Crippen LogP contribution in [0.15, 0.2) is 24.3 Å². The molecule has 1 atom stereocenters. The molecule has 0 saturated carbocycles. The van der Waals surface area contributed by atoms with Crippen molar-refractivity contribution in [2.45, 2.75) is 6.42 Å². The summed E-state index contributed by atoms with van der Waals surface area (Å²) < 4.78 is 10.7. The van der Waals surface area contributed by atoms with E-state index in [0.29, 0.717) is 13.2 Å². The molecule has 1 aromatic carbocycles. The fourth-order valence-corrected chi connectivity index (χ4v) is 2.06. The first-order valence-electron chi connectivity index (χ1n) is 6.55. The number of methoxy groups -OCH3 is 1. The molecule has 1 aliphatic heterocycles. The van der Waals surface area contributed by atoms with Crippen molar-refractivity contribution >= 4 is 18.3 Å². The predicted molar refractivity (Wildman–Crippen MR) is 79.7 cm³/mol. The molecule has 1 aliphatic rings. The van der Waals surface area contributed by atoms with Gasteiger partial charge in [-0.15, -0.1) is 12.4 Å². The minimum atomic E-state index is 0. The summed E-state index contributed by atoms with van der Waals surface area (Å²) in [5, 5.41) is 6.06. The molecule has 6 heteroatoms. The van der Waals surface area contributed by atoms with Gasteiger partial charge < -0.3 is 20.1 Å². The minimum absolute atomic E-state index is 0. The zero-order valence-electron chi connectivity index (χ0n) is 11.6. The Bertz CT molecular complexity index is 423. The Kier molecular flexibility index (Phi) is 7.18. The first kappa shape index (κ1) is 16.6. The van der Waals surface area contributed by atoms with Crippen LogP contribution in [0.1, 0.15) is 6.42 Å². The Morgan fingerprint density at radius 1 is 1.45 bits per heavy atom. The Hall–Kier alpha value is -1.46. The van der Waals surface area contributed by atoms with Crippen LogP contribution >= 0.6 is 12.4 Å². The van der Waals surface area contributed by atoms with Crippen molar-refractivity contribution in [3.05, 3.63) is 24.3 Å². The van der Waals surface area contributed by atoms with Gasteiger partial charge in [-0.3, -0.25) is 4.79 Å². The number of hydrogen-bond acceptors (Lipinski definition) is 4. The lowest BCUT2D eigenvalue weighted by Gasteiger charge is -2.11. The SMILES string of the molecule is COc1cccc(OCCNC(=O)C2CCNC2)c1.Cl. The van der Waals surface area contributed by atoms with E-state index in [0.717, 1.165) is 31.0 Å². The maximum Gasteiger partial charge on any atom is 0.224 e. The summed E-state index contributed by atoms with van der Waals surface area (Å²) in [6.45, 7) is 2.69. The predicted octanol–water partition coefficient (Wildman–Crippen LogP) is 1.22. The molecule has 0 spiro atoms. The van der Waals surface area contributed by atoms with E-state index in [1.807, 2.05) is 24.3 Å². The molecule has 2 N–H and O–H groups in total. The van der Waals surface area contributed by atoms with E-state index in [4.69, 9.17) is 9.47 Å². The van der Waals surface area contributed by atoms with E-state index in [-0.39, 0.29) is 24.2 Å². The van der Waals surface area contributed by atoms with Crippen LogP contribution in [-0.4, -0.2) is 39.3 Å². The third-order valence-electron chi connectivity index (χ3n) is 3.14. The number of benzene rings is 1. The van der Waals surface area contributed by atoms with Gasteiger partial charge in [0.15, 0.2) is 0 Å². The van der Waals surface area contributed by atoms with E-state index in [2.05, 4.69) is 10.6 Å². The van der Waals surface area contributed by atoms with Crippen LogP contribution < -0.4 is 20.1 Å². The van der Waals surface area contributed by atoms with Gasteiger partial charge in [-0.05, 0) is 25.1 Å². The molecular formula is C14H21ClN2O3. The average Bonchev–Trinajstić information content (AvgIpc) is 2.98. The van der Waals surface area contributed by atoms with Crippen LogP contribution in [-0.2, 0) is 4.79 Å². The molecule has 1 heterocycles.